The van der Waals surface area contributed by atoms with E-state index in [1.807, 2.05) is 6.07 Å². The Hall–Kier alpha value is -3.59. The highest BCUT2D eigenvalue weighted by atomic mass is 16.5. The van der Waals surface area contributed by atoms with Crippen LogP contribution >= 0.6 is 0 Å². The van der Waals surface area contributed by atoms with Gasteiger partial charge in [-0.05, 0) is 37.5 Å². The second kappa shape index (κ2) is 10.6. The molecule has 9 heteroatoms. The highest BCUT2D eigenvalue weighted by Crippen LogP contribution is 2.26. The third-order valence-electron chi connectivity index (χ3n) is 7.19. The first-order valence-electron chi connectivity index (χ1n) is 12.6. The van der Waals surface area contributed by atoms with E-state index >= 15 is 0 Å². The number of rotatable bonds is 5. The molecule has 1 amide bonds. The number of anilines is 2. The maximum Gasteiger partial charge on any atom is 0.274 e. The van der Waals surface area contributed by atoms with E-state index in [1.54, 1.807) is 17.3 Å². The van der Waals surface area contributed by atoms with E-state index in [0.717, 1.165) is 43.4 Å². The molecule has 0 aliphatic carbocycles. The van der Waals surface area contributed by atoms with Gasteiger partial charge < -0.3 is 19.4 Å². The Morgan fingerprint density at radius 1 is 0.972 bits per heavy atom. The van der Waals surface area contributed by atoms with Crippen LogP contribution in [0.1, 0.15) is 39.8 Å². The average molecular weight is 488 g/mol. The molecule has 5 rings (SSSR count). The van der Waals surface area contributed by atoms with Crippen molar-refractivity contribution in [3.05, 3.63) is 70.8 Å². The largest absolute Gasteiger partial charge is 0.378 e. The molecule has 1 aromatic carbocycles. The summed E-state index contributed by atoms with van der Waals surface area (Å²) in [4.78, 5) is 28.0. The lowest BCUT2D eigenvalue weighted by atomic mass is 10.0. The number of carbonyl (C=O) groups excluding carboxylic acids is 1. The molecule has 188 valence electrons. The number of morpholine rings is 1. The van der Waals surface area contributed by atoms with Crippen LogP contribution in [0.2, 0.25) is 0 Å². The smallest absolute Gasteiger partial charge is 0.274 e. The van der Waals surface area contributed by atoms with Crippen molar-refractivity contribution in [2.45, 2.75) is 33.2 Å². The lowest BCUT2D eigenvalue weighted by Gasteiger charge is -2.41. The van der Waals surface area contributed by atoms with Gasteiger partial charge in [0.15, 0.2) is 5.82 Å². The summed E-state index contributed by atoms with van der Waals surface area (Å²) < 4.78 is 5.33. The standard InChI is InChI=1S/C27H33N7O2/c1-19-18-33(26-21(3)20(2)23(30-31-26)15-22-7-5-4-6-8-22)9-10-34(19)25-17-28-24(16-29-25)27(35)32-11-13-36-14-12-32/h4-8,16-17,19H,9-15,18H2,1-3H3. The Kier molecular flexibility index (Phi) is 7.09. The van der Waals surface area contributed by atoms with Crippen molar-refractivity contribution < 1.29 is 9.53 Å². The molecular formula is C27H33N7O2. The normalized spacial score (nSPS) is 18.4. The van der Waals surface area contributed by atoms with Crippen LogP contribution in [-0.2, 0) is 11.2 Å². The highest BCUT2D eigenvalue weighted by Gasteiger charge is 2.28. The first kappa shape index (κ1) is 24.1. The van der Waals surface area contributed by atoms with Crippen molar-refractivity contribution in [2.75, 3.05) is 55.7 Å². The van der Waals surface area contributed by atoms with E-state index in [2.05, 4.69) is 75.0 Å². The molecule has 1 unspecified atom stereocenters. The number of piperazine rings is 1. The summed E-state index contributed by atoms with van der Waals surface area (Å²) in [7, 11) is 0. The Labute approximate surface area is 212 Å². The maximum atomic E-state index is 12.7. The monoisotopic (exact) mass is 487 g/mol. The molecule has 0 spiro atoms. The number of nitrogens with zero attached hydrogens (tertiary/aromatic N) is 7. The fraction of sp³-hybridized carbons (Fsp3) is 0.444. The summed E-state index contributed by atoms with van der Waals surface area (Å²) >= 11 is 0. The molecule has 0 radical (unpaired) electrons. The lowest BCUT2D eigenvalue weighted by Crippen LogP contribution is -2.53. The molecule has 2 aliphatic rings. The molecule has 2 aromatic heterocycles. The number of amides is 1. The Morgan fingerprint density at radius 2 is 1.75 bits per heavy atom. The second-order valence-electron chi connectivity index (χ2n) is 9.54. The van der Waals surface area contributed by atoms with Crippen LogP contribution in [0.15, 0.2) is 42.7 Å². The van der Waals surface area contributed by atoms with Gasteiger partial charge in [0, 0.05) is 45.2 Å². The quantitative estimate of drug-likeness (QED) is 0.543. The van der Waals surface area contributed by atoms with E-state index < -0.39 is 0 Å². The molecule has 36 heavy (non-hydrogen) atoms. The van der Waals surface area contributed by atoms with E-state index in [1.165, 1.54) is 16.7 Å². The number of aromatic nitrogens is 4. The molecular weight excluding hydrogens is 454 g/mol. The summed E-state index contributed by atoms with van der Waals surface area (Å²) in [6.45, 7) is 11.2. The van der Waals surface area contributed by atoms with Gasteiger partial charge in [0.1, 0.15) is 11.5 Å². The zero-order valence-electron chi connectivity index (χ0n) is 21.2. The minimum atomic E-state index is -0.0876. The molecule has 4 heterocycles. The topological polar surface area (TPSA) is 87.6 Å². The van der Waals surface area contributed by atoms with Gasteiger partial charge >= 0.3 is 0 Å². The molecule has 9 nitrogen and oxygen atoms in total. The van der Waals surface area contributed by atoms with Gasteiger partial charge in [0.25, 0.3) is 5.91 Å². The molecule has 2 saturated heterocycles. The average Bonchev–Trinajstić information content (AvgIpc) is 2.92. The van der Waals surface area contributed by atoms with E-state index in [0.29, 0.717) is 32.0 Å². The molecule has 0 N–H and O–H groups in total. The van der Waals surface area contributed by atoms with E-state index in [4.69, 9.17) is 4.74 Å². The lowest BCUT2D eigenvalue weighted by molar-refractivity contribution is 0.0298. The summed E-state index contributed by atoms with van der Waals surface area (Å²) in [5.74, 6) is 1.65. The van der Waals surface area contributed by atoms with Gasteiger partial charge in [-0.15, -0.1) is 5.10 Å². The molecule has 3 aromatic rings. The summed E-state index contributed by atoms with van der Waals surface area (Å²) in [5, 5.41) is 9.25. The van der Waals surface area contributed by atoms with Crippen LogP contribution in [0.3, 0.4) is 0 Å². The van der Waals surface area contributed by atoms with Crippen LogP contribution in [0, 0.1) is 13.8 Å². The fourth-order valence-corrected chi connectivity index (χ4v) is 4.90. The third-order valence-corrected chi connectivity index (χ3v) is 7.19. The van der Waals surface area contributed by atoms with Crippen molar-refractivity contribution in [3.63, 3.8) is 0 Å². The number of benzene rings is 1. The van der Waals surface area contributed by atoms with Crippen LogP contribution < -0.4 is 9.80 Å². The van der Waals surface area contributed by atoms with Gasteiger partial charge in [-0.25, -0.2) is 9.97 Å². The maximum absolute atomic E-state index is 12.7. The van der Waals surface area contributed by atoms with Crippen LogP contribution in [0.25, 0.3) is 0 Å². The van der Waals surface area contributed by atoms with E-state index in [-0.39, 0.29) is 11.9 Å². The van der Waals surface area contributed by atoms with Crippen molar-refractivity contribution in [3.8, 4) is 0 Å². The minimum Gasteiger partial charge on any atom is -0.378 e. The van der Waals surface area contributed by atoms with Crippen molar-refractivity contribution in [2.24, 2.45) is 0 Å². The van der Waals surface area contributed by atoms with Crippen molar-refractivity contribution in [1.82, 2.24) is 25.1 Å². The zero-order valence-corrected chi connectivity index (χ0v) is 21.2. The Morgan fingerprint density at radius 3 is 2.44 bits per heavy atom. The second-order valence-corrected chi connectivity index (χ2v) is 9.54. The number of hydrogen-bond acceptors (Lipinski definition) is 8. The van der Waals surface area contributed by atoms with Crippen LogP contribution in [0.4, 0.5) is 11.6 Å². The summed E-state index contributed by atoms with van der Waals surface area (Å²) in [5.41, 5.74) is 5.02. The number of ether oxygens (including phenoxy) is 1. The molecule has 2 fully saturated rings. The van der Waals surface area contributed by atoms with Gasteiger partial charge in [0.2, 0.25) is 0 Å². The fourth-order valence-electron chi connectivity index (χ4n) is 4.90. The predicted octanol–water partition coefficient (Wildman–Crippen LogP) is 2.66. The van der Waals surface area contributed by atoms with Crippen molar-refractivity contribution >= 4 is 17.5 Å². The van der Waals surface area contributed by atoms with Gasteiger partial charge in [0.05, 0.1) is 31.3 Å². The summed E-state index contributed by atoms with van der Waals surface area (Å²) in [6.07, 6.45) is 4.10. The third kappa shape index (κ3) is 5.02. The Bertz CT molecular complexity index is 1200. The number of hydrogen-bond donors (Lipinski definition) is 0. The minimum absolute atomic E-state index is 0.0876. The predicted molar refractivity (Wildman–Crippen MR) is 139 cm³/mol. The molecule has 1 atom stereocenters. The van der Waals surface area contributed by atoms with Crippen molar-refractivity contribution in [1.29, 1.82) is 0 Å². The number of carbonyl (C=O) groups is 1. The Balaban J connectivity index is 1.24. The molecule has 0 saturated carbocycles. The SMILES string of the molecule is Cc1c(Cc2ccccc2)nnc(N2CCN(c3cnc(C(=O)N4CCOCC4)cn3)C(C)C2)c1C. The zero-order chi connectivity index (χ0) is 25.1. The van der Waals surface area contributed by atoms with E-state index in [9.17, 15) is 4.79 Å². The van der Waals surface area contributed by atoms with Gasteiger partial charge in [-0.2, -0.15) is 5.10 Å². The van der Waals surface area contributed by atoms with Gasteiger partial charge in [-0.3, -0.25) is 4.79 Å². The first-order chi connectivity index (χ1) is 17.5. The highest BCUT2D eigenvalue weighted by molar-refractivity contribution is 5.92. The van der Waals surface area contributed by atoms with Gasteiger partial charge in [-0.1, -0.05) is 30.3 Å². The first-order valence-corrected chi connectivity index (χ1v) is 12.6. The summed E-state index contributed by atoms with van der Waals surface area (Å²) in [6, 6.07) is 10.6. The molecule has 2 aliphatic heterocycles. The molecule has 0 bridgehead atoms. The van der Waals surface area contributed by atoms with Crippen LogP contribution in [0.5, 0.6) is 0 Å². The van der Waals surface area contributed by atoms with Crippen LogP contribution in [-0.4, -0.2) is 83.0 Å².